The van der Waals surface area contributed by atoms with E-state index in [0.717, 1.165) is 0 Å². The molecule has 0 heterocycles. The lowest BCUT2D eigenvalue weighted by Gasteiger charge is -2.21. The fourth-order valence-electron chi connectivity index (χ4n) is 0.439. The van der Waals surface area contributed by atoms with Crippen molar-refractivity contribution in [2.45, 2.75) is 32.7 Å². The van der Waals surface area contributed by atoms with Crippen LogP contribution in [-0.4, -0.2) is 21.6 Å². The second-order valence-corrected chi connectivity index (χ2v) is 3.99. The molecule has 0 bridgehead atoms. The Kier molecular flexibility index (Phi) is 4.12. The van der Waals surface area contributed by atoms with Gasteiger partial charge in [-0.2, -0.15) is 0 Å². The normalized spacial score (nSPS) is 10.9. The molecule has 0 aromatic carbocycles. The minimum absolute atomic E-state index is 0.122. The highest BCUT2D eigenvalue weighted by Crippen LogP contribution is 1.95. The molecule has 4 nitrogen and oxygen atoms in total. The van der Waals surface area contributed by atoms with Crippen LogP contribution in [0.15, 0.2) is 0 Å². The van der Waals surface area contributed by atoms with Gasteiger partial charge in [0.15, 0.2) is 0 Å². The molecular weight excluding hydrogens is 176 g/mol. The third kappa shape index (κ3) is 7.43. The minimum atomic E-state index is -0.928. The van der Waals surface area contributed by atoms with Gasteiger partial charge < -0.3 is 10.5 Å². The Morgan fingerprint density at radius 3 is 2.33 bits per heavy atom. The van der Waals surface area contributed by atoms with Gasteiger partial charge in [-0.25, -0.2) is 5.43 Å². The lowest BCUT2D eigenvalue weighted by molar-refractivity contribution is -0.135. The first-order chi connectivity index (χ1) is 5.31. The van der Waals surface area contributed by atoms with Gasteiger partial charge in [-0.3, -0.25) is 4.79 Å². The van der Waals surface area contributed by atoms with Crippen molar-refractivity contribution in [2.24, 2.45) is 0 Å². The van der Waals surface area contributed by atoms with Crippen molar-refractivity contribution in [1.82, 2.24) is 10.9 Å². The monoisotopic (exact) mass is 190 g/mol. The number of carbonyl (C=O) groups is 1. The van der Waals surface area contributed by atoms with Crippen LogP contribution in [0.2, 0.25) is 0 Å². The Morgan fingerprint density at radius 1 is 1.50 bits per heavy atom. The number of carboxylic acid groups (broad SMARTS) is 1. The maximum atomic E-state index is 10.2. The average Bonchev–Trinajstić information content (AvgIpc) is 1.80. The van der Waals surface area contributed by atoms with Crippen molar-refractivity contribution < 1.29 is 9.90 Å². The largest absolute Gasteiger partial charge is 0.481 e. The lowest BCUT2D eigenvalue weighted by Crippen LogP contribution is -2.48. The summed E-state index contributed by atoms with van der Waals surface area (Å²) in [6.45, 7) is 5.84. The summed E-state index contributed by atoms with van der Waals surface area (Å²) in [5.41, 5.74) is 5.40. The van der Waals surface area contributed by atoms with Gasteiger partial charge in [0, 0.05) is 5.54 Å². The van der Waals surface area contributed by atoms with Gasteiger partial charge in [-0.1, -0.05) is 12.2 Å². The summed E-state index contributed by atoms with van der Waals surface area (Å²) in [5.74, 6) is -0.928. The van der Waals surface area contributed by atoms with Crippen LogP contribution in [0.25, 0.3) is 0 Å². The molecule has 3 N–H and O–H groups in total. The Morgan fingerprint density at radius 2 is 2.00 bits per heavy atom. The van der Waals surface area contributed by atoms with Crippen molar-refractivity contribution in [2.75, 3.05) is 0 Å². The van der Waals surface area contributed by atoms with E-state index in [4.69, 9.17) is 17.3 Å². The van der Waals surface area contributed by atoms with Gasteiger partial charge in [0.25, 0.3) is 0 Å². The van der Waals surface area contributed by atoms with Crippen molar-refractivity contribution in [3.05, 3.63) is 0 Å². The van der Waals surface area contributed by atoms with Gasteiger partial charge in [0.2, 0.25) is 0 Å². The maximum Gasteiger partial charge on any atom is 0.310 e. The van der Waals surface area contributed by atoms with E-state index in [1.54, 1.807) is 0 Å². The van der Waals surface area contributed by atoms with Crippen molar-refractivity contribution in [1.29, 1.82) is 0 Å². The zero-order chi connectivity index (χ0) is 9.78. The molecule has 70 valence electrons. The number of rotatable bonds is 3. The predicted molar refractivity (Wildman–Crippen MR) is 50.9 cm³/mol. The van der Waals surface area contributed by atoms with Crippen LogP contribution >= 0.6 is 12.2 Å². The summed E-state index contributed by atoms with van der Waals surface area (Å²) < 4.78 is 0. The molecule has 5 heteroatoms. The van der Waals surface area contributed by atoms with Gasteiger partial charge in [0.05, 0.1) is 6.42 Å². The number of nitrogens with one attached hydrogen (secondary N) is 2. The summed E-state index contributed by atoms with van der Waals surface area (Å²) in [5, 5.41) is 8.36. The summed E-state index contributed by atoms with van der Waals surface area (Å²) in [6, 6.07) is 0. The molecule has 0 radical (unpaired) electrons. The maximum absolute atomic E-state index is 10.2. The van der Waals surface area contributed by atoms with Crippen LogP contribution < -0.4 is 10.9 Å². The Bertz CT molecular complexity index is 186. The summed E-state index contributed by atoms with van der Waals surface area (Å²) in [4.78, 5) is 10.5. The van der Waals surface area contributed by atoms with Gasteiger partial charge in [-0.15, -0.1) is 0 Å². The summed E-state index contributed by atoms with van der Waals surface area (Å²) >= 11 is 4.74. The lowest BCUT2D eigenvalue weighted by atomic mass is 10.1. The Balaban J connectivity index is 3.65. The first kappa shape index (κ1) is 11.3. The number of aliphatic carboxylic acids is 1. The molecule has 0 saturated carbocycles. The number of hydrogen-bond donors (Lipinski definition) is 3. The molecule has 0 fully saturated rings. The predicted octanol–water partition coefficient (Wildman–Crippen LogP) is 0.681. The SMILES string of the molecule is CC(C)(C)NNC(=S)CC(=O)O. The molecule has 0 aliphatic carbocycles. The third-order valence-corrected chi connectivity index (χ3v) is 1.14. The number of carboxylic acids is 1. The van der Waals surface area contributed by atoms with E-state index < -0.39 is 5.97 Å². The fourth-order valence-corrected chi connectivity index (χ4v) is 0.613. The molecule has 0 saturated heterocycles. The van der Waals surface area contributed by atoms with Gasteiger partial charge in [0.1, 0.15) is 4.99 Å². The standard InChI is InChI=1S/C7H14N2O2S/c1-7(2,3)9-8-5(12)4-6(10)11/h9H,4H2,1-3H3,(H,8,12)(H,10,11). The van der Waals surface area contributed by atoms with Crippen LogP contribution in [0.4, 0.5) is 0 Å². The molecule has 0 aliphatic heterocycles. The average molecular weight is 190 g/mol. The zero-order valence-corrected chi connectivity index (χ0v) is 8.29. The second-order valence-electron chi connectivity index (χ2n) is 3.49. The van der Waals surface area contributed by atoms with E-state index in [-0.39, 0.29) is 16.9 Å². The van der Waals surface area contributed by atoms with E-state index in [2.05, 4.69) is 10.9 Å². The topological polar surface area (TPSA) is 61.4 Å². The molecule has 0 rings (SSSR count). The molecule has 0 amide bonds. The first-order valence-electron chi connectivity index (χ1n) is 3.59. The molecule has 0 unspecified atom stereocenters. The highest BCUT2D eigenvalue weighted by atomic mass is 32.1. The van der Waals surface area contributed by atoms with Crippen LogP contribution in [0.5, 0.6) is 0 Å². The quantitative estimate of drug-likeness (QED) is 0.451. The van der Waals surface area contributed by atoms with Gasteiger partial charge in [-0.05, 0) is 20.8 Å². The Labute approximate surface area is 77.3 Å². The second kappa shape index (κ2) is 4.37. The minimum Gasteiger partial charge on any atom is -0.481 e. The van der Waals surface area contributed by atoms with E-state index in [9.17, 15) is 4.79 Å². The van der Waals surface area contributed by atoms with Crippen LogP contribution in [0, 0.1) is 0 Å². The smallest absolute Gasteiger partial charge is 0.310 e. The Hall–Kier alpha value is -0.680. The van der Waals surface area contributed by atoms with Crippen LogP contribution in [-0.2, 0) is 4.79 Å². The number of thiocarbonyl (C=S) groups is 1. The highest BCUT2D eigenvalue weighted by molar-refractivity contribution is 7.80. The zero-order valence-electron chi connectivity index (χ0n) is 7.47. The molecule has 0 spiro atoms. The molecular formula is C7H14N2O2S. The number of hydrogen-bond acceptors (Lipinski definition) is 3. The van der Waals surface area contributed by atoms with Gasteiger partial charge >= 0.3 is 5.97 Å². The number of hydrazine groups is 1. The first-order valence-corrected chi connectivity index (χ1v) is 4.00. The fraction of sp³-hybridized carbons (Fsp3) is 0.714. The van der Waals surface area contributed by atoms with E-state index in [1.807, 2.05) is 20.8 Å². The summed E-state index contributed by atoms with van der Waals surface area (Å²) in [6.07, 6.45) is -0.140. The molecule has 0 aliphatic rings. The van der Waals surface area contributed by atoms with Crippen LogP contribution in [0.1, 0.15) is 27.2 Å². The highest BCUT2D eigenvalue weighted by Gasteiger charge is 2.10. The third-order valence-electron chi connectivity index (χ3n) is 0.889. The van der Waals surface area contributed by atoms with Crippen LogP contribution in [0.3, 0.4) is 0 Å². The molecule has 0 aromatic rings. The molecule has 0 atom stereocenters. The van der Waals surface area contributed by atoms with E-state index in [0.29, 0.717) is 0 Å². The van der Waals surface area contributed by atoms with Crippen molar-refractivity contribution in [3.8, 4) is 0 Å². The molecule has 0 aromatic heterocycles. The van der Waals surface area contributed by atoms with E-state index >= 15 is 0 Å². The van der Waals surface area contributed by atoms with Crippen molar-refractivity contribution in [3.63, 3.8) is 0 Å². The summed E-state index contributed by atoms with van der Waals surface area (Å²) in [7, 11) is 0. The molecule has 12 heavy (non-hydrogen) atoms. The van der Waals surface area contributed by atoms with E-state index in [1.165, 1.54) is 0 Å². The van der Waals surface area contributed by atoms with Crippen molar-refractivity contribution >= 4 is 23.2 Å².